The van der Waals surface area contributed by atoms with E-state index < -0.39 is 17.5 Å². The van der Waals surface area contributed by atoms with Gasteiger partial charge in [0.15, 0.2) is 5.78 Å². The Bertz CT molecular complexity index is 752. The van der Waals surface area contributed by atoms with Gasteiger partial charge in [-0.25, -0.2) is 4.39 Å². The highest BCUT2D eigenvalue weighted by Gasteiger charge is 2.25. The summed E-state index contributed by atoms with van der Waals surface area (Å²) in [6.45, 7) is 1.75. The molecule has 0 amide bonds. The Morgan fingerprint density at radius 2 is 1.95 bits per heavy atom. The average molecular weight is 322 g/mol. The molecule has 5 heteroatoms. The van der Waals surface area contributed by atoms with Crippen LogP contribution in [0.2, 0.25) is 10.0 Å². The van der Waals surface area contributed by atoms with Crippen LogP contribution in [0.4, 0.5) is 4.39 Å². The number of benzene rings is 2. The van der Waals surface area contributed by atoms with Crippen LogP contribution in [0, 0.1) is 24.1 Å². The first-order valence-electron chi connectivity index (χ1n) is 6.09. The predicted molar refractivity (Wildman–Crippen MR) is 80.3 cm³/mol. The van der Waals surface area contributed by atoms with E-state index in [0.717, 1.165) is 6.07 Å². The summed E-state index contributed by atoms with van der Waals surface area (Å²) in [5.74, 6) is -2.03. The van der Waals surface area contributed by atoms with Crippen molar-refractivity contribution in [3.8, 4) is 6.07 Å². The number of Topliss-reactive ketones (excluding diaryl/α,β-unsaturated/α-hetero) is 1. The van der Waals surface area contributed by atoms with Crippen molar-refractivity contribution in [2.75, 3.05) is 0 Å². The minimum atomic E-state index is -1.10. The molecule has 0 fully saturated rings. The fourth-order valence-electron chi connectivity index (χ4n) is 2.02. The van der Waals surface area contributed by atoms with E-state index in [0.29, 0.717) is 16.1 Å². The molecule has 0 saturated carbocycles. The molecule has 2 aromatic carbocycles. The van der Waals surface area contributed by atoms with Crippen molar-refractivity contribution in [2.45, 2.75) is 12.8 Å². The lowest BCUT2D eigenvalue weighted by Crippen LogP contribution is -2.13. The number of nitrogens with zero attached hydrogens (tertiary/aromatic N) is 1. The van der Waals surface area contributed by atoms with Crippen LogP contribution >= 0.6 is 23.2 Å². The molecule has 1 unspecified atom stereocenters. The summed E-state index contributed by atoms with van der Waals surface area (Å²) in [6, 6.07) is 10.4. The molecule has 0 aliphatic carbocycles. The van der Waals surface area contributed by atoms with Gasteiger partial charge < -0.3 is 0 Å². The van der Waals surface area contributed by atoms with Crippen molar-refractivity contribution < 1.29 is 9.18 Å². The first-order chi connectivity index (χ1) is 9.93. The molecular weight excluding hydrogens is 312 g/mol. The topological polar surface area (TPSA) is 40.9 Å². The zero-order chi connectivity index (χ0) is 15.6. The predicted octanol–water partition coefficient (Wildman–Crippen LogP) is 4.93. The molecule has 2 aromatic rings. The van der Waals surface area contributed by atoms with Crippen LogP contribution in [0.5, 0.6) is 0 Å². The number of hydrogen-bond acceptors (Lipinski definition) is 2. The van der Waals surface area contributed by atoms with Gasteiger partial charge in [0.25, 0.3) is 0 Å². The average Bonchev–Trinajstić information content (AvgIpc) is 2.44. The first-order valence-corrected chi connectivity index (χ1v) is 6.84. The molecule has 2 rings (SSSR count). The van der Waals surface area contributed by atoms with Gasteiger partial charge >= 0.3 is 0 Å². The summed E-state index contributed by atoms with van der Waals surface area (Å²) in [7, 11) is 0. The Balaban J connectivity index is 2.49. The van der Waals surface area contributed by atoms with E-state index in [-0.39, 0.29) is 10.6 Å². The minimum absolute atomic E-state index is 0.0505. The second-order valence-corrected chi connectivity index (χ2v) is 5.40. The lowest BCUT2D eigenvalue weighted by Gasteiger charge is -2.12. The summed E-state index contributed by atoms with van der Waals surface area (Å²) < 4.78 is 13.1. The third kappa shape index (κ3) is 3.24. The van der Waals surface area contributed by atoms with E-state index >= 15 is 0 Å². The van der Waals surface area contributed by atoms with Gasteiger partial charge in [-0.1, -0.05) is 35.3 Å². The second kappa shape index (κ2) is 6.26. The van der Waals surface area contributed by atoms with Crippen molar-refractivity contribution in [3.05, 3.63) is 69.0 Å². The van der Waals surface area contributed by atoms with E-state index in [1.165, 1.54) is 18.2 Å². The third-order valence-electron chi connectivity index (χ3n) is 3.13. The standard InChI is InChI=1S/C16H10Cl2FNO/c1-9-2-3-10(17)6-13(9)16(21)14(8-20)12-5-4-11(19)7-15(12)18/h2-7,14H,1H3. The quantitative estimate of drug-likeness (QED) is 0.752. The molecule has 1 atom stereocenters. The van der Waals surface area contributed by atoms with Crippen molar-refractivity contribution in [2.24, 2.45) is 0 Å². The molecule has 0 bridgehead atoms. The normalized spacial score (nSPS) is 11.8. The summed E-state index contributed by atoms with van der Waals surface area (Å²) in [6.07, 6.45) is 0. The van der Waals surface area contributed by atoms with Crippen LogP contribution in [0.3, 0.4) is 0 Å². The molecule has 106 valence electrons. The number of carbonyl (C=O) groups excluding carboxylic acids is 1. The zero-order valence-electron chi connectivity index (χ0n) is 11.0. The van der Waals surface area contributed by atoms with Crippen molar-refractivity contribution >= 4 is 29.0 Å². The third-order valence-corrected chi connectivity index (χ3v) is 3.69. The molecule has 0 aliphatic heterocycles. The van der Waals surface area contributed by atoms with E-state index in [2.05, 4.69) is 0 Å². The van der Waals surface area contributed by atoms with Gasteiger partial charge in [-0.2, -0.15) is 5.26 Å². The fourth-order valence-corrected chi connectivity index (χ4v) is 2.47. The number of carbonyl (C=O) groups is 1. The monoisotopic (exact) mass is 321 g/mol. The zero-order valence-corrected chi connectivity index (χ0v) is 12.5. The highest BCUT2D eigenvalue weighted by Crippen LogP contribution is 2.29. The van der Waals surface area contributed by atoms with Crippen molar-refractivity contribution in [1.82, 2.24) is 0 Å². The van der Waals surface area contributed by atoms with Crippen LogP contribution in [0.15, 0.2) is 36.4 Å². The molecule has 0 radical (unpaired) electrons. The van der Waals surface area contributed by atoms with Gasteiger partial charge in [-0.3, -0.25) is 4.79 Å². The Morgan fingerprint density at radius 3 is 2.57 bits per heavy atom. The van der Waals surface area contributed by atoms with Crippen LogP contribution in [-0.2, 0) is 0 Å². The first kappa shape index (κ1) is 15.5. The molecule has 2 nitrogen and oxygen atoms in total. The van der Waals surface area contributed by atoms with Crippen LogP contribution in [-0.4, -0.2) is 5.78 Å². The SMILES string of the molecule is Cc1ccc(Cl)cc1C(=O)C(C#N)c1ccc(F)cc1Cl. The highest BCUT2D eigenvalue weighted by atomic mass is 35.5. The number of aryl methyl sites for hydroxylation is 1. The van der Waals surface area contributed by atoms with E-state index in [1.54, 1.807) is 19.1 Å². The van der Waals surface area contributed by atoms with Gasteiger partial charge in [-0.15, -0.1) is 0 Å². The minimum Gasteiger partial charge on any atom is -0.292 e. The molecule has 0 N–H and O–H groups in total. The number of ketones is 1. The Morgan fingerprint density at radius 1 is 1.24 bits per heavy atom. The molecule has 0 aliphatic rings. The summed E-state index contributed by atoms with van der Waals surface area (Å²) >= 11 is 11.8. The van der Waals surface area contributed by atoms with Crippen molar-refractivity contribution in [3.63, 3.8) is 0 Å². The maximum atomic E-state index is 13.1. The van der Waals surface area contributed by atoms with Gasteiger partial charge in [0.2, 0.25) is 0 Å². The van der Waals surface area contributed by atoms with Crippen LogP contribution < -0.4 is 0 Å². The number of hydrogen-bond donors (Lipinski definition) is 0. The molecule has 0 heterocycles. The second-order valence-electron chi connectivity index (χ2n) is 4.55. The van der Waals surface area contributed by atoms with Gasteiger partial charge in [-0.05, 0) is 42.3 Å². The smallest absolute Gasteiger partial charge is 0.184 e. The van der Waals surface area contributed by atoms with Crippen molar-refractivity contribution in [1.29, 1.82) is 5.26 Å². The number of nitriles is 1. The summed E-state index contributed by atoms with van der Waals surface area (Å²) in [5.41, 5.74) is 1.35. The van der Waals surface area contributed by atoms with Crippen LogP contribution in [0.25, 0.3) is 0 Å². The highest BCUT2D eigenvalue weighted by molar-refractivity contribution is 6.32. The van der Waals surface area contributed by atoms with E-state index in [4.69, 9.17) is 23.2 Å². The maximum Gasteiger partial charge on any atom is 0.184 e. The van der Waals surface area contributed by atoms with Crippen LogP contribution in [0.1, 0.15) is 27.4 Å². The largest absolute Gasteiger partial charge is 0.292 e. The fraction of sp³-hybridized carbons (Fsp3) is 0.125. The van der Waals surface area contributed by atoms with Gasteiger partial charge in [0, 0.05) is 15.6 Å². The molecule has 0 spiro atoms. The van der Waals surface area contributed by atoms with E-state index in [1.807, 2.05) is 6.07 Å². The lowest BCUT2D eigenvalue weighted by molar-refractivity contribution is 0.0978. The molecule has 0 aromatic heterocycles. The molecule has 21 heavy (non-hydrogen) atoms. The van der Waals surface area contributed by atoms with E-state index in [9.17, 15) is 14.4 Å². The van der Waals surface area contributed by atoms with Gasteiger partial charge in [0.05, 0.1) is 6.07 Å². The Labute approximate surface area is 131 Å². The molecular formula is C16H10Cl2FNO. The summed E-state index contributed by atoms with van der Waals surface area (Å²) in [4.78, 5) is 12.6. The lowest BCUT2D eigenvalue weighted by atomic mass is 9.90. The summed E-state index contributed by atoms with van der Waals surface area (Å²) in [5, 5.41) is 9.77. The molecule has 0 saturated heterocycles. The Kier molecular flexibility index (Phi) is 4.62. The maximum absolute atomic E-state index is 13.1. The number of halogens is 3. The van der Waals surface area contributed by atoms with Gasteiger partial charge in [0.1, 0.15) is 11.7 Å². The number of rotatable bonds is 3. The Hall–Kier alpha value is -1.89.